The highest BCUT2D eigenvalue weighted by Crippen LogP contribution is 2.30. The zero-order valence-corrected chi connectivity index (χ0v) is 12.4. The molecule has 6 heteroatoms. The van der Waals surface area contributed by atoms with Crippen LogP contribution in [0.4, 0.5) is 5.69 Å². The molecule has 2 rings (SSSR count). The average Bonchev–Trinajstić information content (AvgIpc) is 2.47. The van der Waals surface area contributed by atoms with E-state index in [2.05, 4.69) is 5.32 Å². The Morgan fingerprint density at radius 2 is 2.05 bits per heavy atom. The second-order valence-corrected chi connectivity index (χ2v) is 6.65. The molecule has 3 atom stereocenters. The van der Waals surface area contributed by atoms with Crippen LogP contribution in [-0.2, 0) is 10.8 Å². The van der Waals surface area contributed by atoms with Crippen LogP contribution in [0.3, 0.4) is 0 Å². The van der Waals surface area contributed by atoms with Gasteiger partial charge in [-0.2, -0.15) is 0 Å². The van der Waals surface area contributed by atoms with E-state index in [1.54, 1.807) is 18.2 Å². The molecule has 3 unspecified atom stereocenters. The molecule has 0 aliphatic heterocycles. The lowest BCUT2D eigenvalue weighted by Crippen LogP contribution is -2.44. The third-order valence-corrected chi connectivity index (χ3v) is 5.62. The second-order valence-electron chi connectivity index (χ2n) is 5.01. The molecule has 0 heterocycles. The molecular weight excluding hydrogens is 276 g/mol. The van der Waals surface area contributed by atoms with Crippen LogP contribution < -0.4 is 5.32 Å². The minimum Gasteiger partial charge on any atom is -0.313 e. The maximum absolute atomic E-state index is 12.8. The van der Waals surface area contributed by atoms with Gasteiger partial charge in [0.1, 0.15) is 4.90 Å². The number of nitrogens with zero attached hydrogens (tertiary/aromatic N) is 1. The molecule has 1 aliphatic rings. The molecule has 0 saturated heterocycles. The number of hydrogen-bond acceptors (Lipinski definition) is 4. The van der Waals surface area contributed by atoms with Crippen LogP contribution in [-0.4, -0.2) is 27.0 Å². The molecule has 1 saturated carbocycles. The third-order valence-electron chi connectivity index (χ3n) is 3.72. The molecule has 1 aromatic carbocycles. The fraction of sp³-hybridized carbons (Fsp3) is 0.571. The minimum atomic E-state index is -1.34. The van der Waals surface area contributed by atoms with E-state index in [1.807, 2.05) is 6.92 Å². The quantitative estimate of drug-likeness (QED) is 0.669. The second kappa shape index (κ2) is 6.95. The monoisotopic (exact) mass is 296 g/mol. The van der Waals surface area contributed by atoms with Gasteiger partial charge in [0.15, 0.2) is 0 Å². The van der Waals surface area contributed by atoms with E-state index in [-0.39, 0.29) is 17.0 Å². The molecule has 1 N–H and O–H groups in total. The van der Waals surface area contributed by atoms with E-state index in [9.17, 15) is 14.3 Å². The topological polar surface area (TPSA) is 72.2 Å². The summed E-state index contributed by atoms with van der Waals surface area (Å²) >= 11 is 0. The molecular formula is C14H20N2O3S. The highest BCUT2D eigenvalue weighted by molar-refractivity contribution is 7.86. The van der Waals surface area contributed by atoms with Crippen LogP contribution in [0.1, 0.15) is 32.6 Å². The molecule has 1 fully saturated rings. The van der Waals surface area contributed by atoms with Crippen LogP contribution >= 0.6 is 0 Å². The number of nitro benzene ring substituents is 1. The molecule has 110 valence electrons. The summed E-state index contributed by atoms with van der Waals surface area (Å²) in [5, 5.41) is 14.4. The summed E-state index contributed by atoms with van der Waals surface area (Å²) < 4.78 is 12.8. The first-order valence-corrected chi connectivity index (χ1v) is 8.23. The van der Waals surface area contributed by atoms with Crippen LogP contribution in [0.5, 0.6) is 0 Å². The van der Waals surface area contributed by atoms with Crippen molar-refractivity contribution < 1.29 is 9.13 Å². The number of rotatable bonds is 5. The van der Waals surface area contributed by atoms with Crippen LogP contribution in [0.2, 0.25) is 0 Å². The predicted molar refractivity (Wildman–Crippen MR) is 79.2 cm³/mol. The van der Waals surface area contributed by atoms with E-state index in [0.717, 1.165) is 32.2 Å². The van der Waals surface area contributed by atoms with Gasteiger partial charge in [0.25, 0.3) is 5.69 Å². The Balaban J connectivity index is 2.27. The van der Waals surface area contributed by atoms with Gasteiger partial charge in [-0.25, -0.2) is 0 Å². The number of nitrogens with one attached hydrogen (secondary N) is 1. The third kappa shape index (κ3) is 3.24. The SMILES string of the molecule is CCNC1CCCCC1S(=O)c1ccccc1[N+](=O)[O-]. The van der Waals surface area contributed by atoms with Crippen LogP contribution in [0.15, 0.2) is 29.2 Å². The average molecular weight is 296 g/mol. The normalized spacial score (nSPS) is 24.2. The van der Waals surface area contributed by atoms with Gasteiger partial charge in [-0.1, -0.05) is 31.9 Å². The van der Waals surface area contributed by atoms with Gasteiger partial charge in [-0.3, -0.25) is 14.3 Å². The van der Waals surface area contributed by atoms with Crippen LogP contribution in [0, 0.1) is 10.1 Å². The van der Waals surface area contributed by atoms with E-state index in [0.29, 0.717) is 4.90 Å². The number of para-hydroxylation sites is 1. The molecule has 0 bridgehead atoms. The summed E-state index contributed by atoms with van der Waals surface area (Å²) in [6, 6.07) is 6.56. The smallest absolute Gasteiger partial charge is 0.285 e. The Morgan fingerprint density at radius 1 is 1.35 bits per heavy atom. The summed E-state index contributed by atoms with van der Waals surface area (Å²) in [5.41, 5.74) is -0.0355. The van der Waals surface area contributed by atoms with Crippen molar-refractivity contribution in [2.45, 2.75) is 48.8 Å². The minimum absolute atomic E-state index is 0.0355. The first-order valence-electron chi connectivity index (χ1n) is 7.02. The van der Waals surface area contributed by atoms with Gasteiger partial charge in [0.2, 0.25) is 0 Å². The Kier molecular flexibility index (Phi) is 5.25. The first kappa shape index (κ1) is 15.1. The molecule has 0 amide bonds. The van der Waals surface area contributed by atoms with Crippen LogP contribution in [0.25, 0.3) is 0 Å². The van der Waals surface area contributed by atoms with E-state index >= 15 is 0 Å². The van der Waals surface area contributed by atoms with Crippen molar-refractivity contribution >= 4 is 16.5 Å². The maximum Gasteiger partial charge on any atom is 0.285 e. The van der Waals surface area contributed by atoms with Gasteiger partial charge >= 0.3 is 0 Å². The highest BCUT2D eigenvalue weighted by Gasteiger charge is 2.32. The summed E-state index contributed by atoms with van der Waals surface area (Å²) in [5.74, 6) is 0. The zero-order chi connectivity index (χ0) is 14.5. The summed E-state index contributed by atoms with van der Waals surface area (Å²) in [7, 11) is -1.34. The molecule has 1 aliphatic carbocycles. The van der Waals surface area contributed by atoms with Crippen molar-refractivity contribution in [3.05, 3.63) is 34.4 Å². The van der Waals surface area contributed by atoms with Crippen molar-refractivity contribution in [3.8, 4) is 0 Å². The lowest BCUT2D eigenvalue weighted by Gasteiger charge is -2.31. The van der Waals surface area contributed by atoms with Crippen molar-refractivity contribution in [1.82, 2.24) is 5.32 Å². The molecule has 0 radical (unpaired) electrons. The van der Waals surface area contributed by atoms with Crippen molar-refractivity contribution in [3.63, 3.8) is 0 Å². The summed E-state index contributed by atoms with van der Waals surface area (Å²) in [4.78, 5) is 11.0. The van der Waals surface area contributed by atoms with Gasteiger partial charge in [0.05, 0.1) is 21.0 Å². The Labute approximate surface area is 121 Å². The Hall–Kier alpha value is -1.27. The molecule has 0 spiro atoms. The lowest BCUT2D eigenvalue weighted by atomic mass is 9.95. The fourth-order valence-electron chi connectivity index (χ4n) is 2.79. The standard InChI is InChI=1S/C14H20N2O3S/c1-2-15-11-7-3-5-9-13(11)20(19)14-10-6-4-8-12(14)16(17)18/h4,6,8,10-11,13,15H,2-3,5,7,9H2,1H3. The molecule has 0 aromatic heterocycles. The Bertz CT molecular complexity index is 505. The summed E-state index contributed by atoms with van der Waals surface area (Å²) in [6.07, 6.45) is 4.02. The van der Waals surface area contributed by atoms with Gasteiger partial charge in [0, 0.05) is 12.1 Å². The van der Waals surface area contributed by atoms with Gasteiger partial charge in [-0.05, 0) is 25.5 Å². The summed E-state index contributed by atoms with van der Waals surface area (Å²) in [6.45, 7) is 2.86. The predicted octanol–water partition coefficient (Wildman–Crippen LogP) is 2.62. The highest BCUT2D eigenvalue weighted by atomic mass is 32.2. The number of nitro groups is 1. The van der Waals surface area contributed by atoms with E-state index in [4.69, 9.17) is 0 Å². The molecule has 20 heavy (non-hydrogen) atoms. The molecule has 1 aromatic rings. The molecule has 5 nitrogen and oxygen atoms in total. The lowest BCUT2D eigenvalue weighted by molar-refractivity contribution is -0.387. The van der Waals surface area contributed by atoms with Gasteiger partial charge in [-0.15, -0.1) is 0 Å². The Morgan fingerprint density at radius 3 is 2.75 bits per heavy atom. The van der Waals surface area contributed by atoms with E-state index in [1.165, 1.54) is 6.07 Å². The van der Waals surface area contributed by atoms with E-state index < -0.39 is 15.7 Å². The van der Waals surface area contributed by atoms with Crippen molar-refractivity contribution in [2.24, 2.45) is 0 Å². The number of hydrogen-bond donors (Lipinski definition) is 1. The maximum atomic E-state index is 12.8. The zero-order valence-electron chi connectivity index (χ0n) is 11.6. The van der Waals surface area contributed by atoms with Crippen molar-refractivity contribution in [1.29, 1.82) is 0 Å². The fourth-order valence-corrected chi connectivity index (χ4v) is 4.59. The van der Waals surface area contributed by atoms with Crippen molar-refractivity contribution in [2.75, 3.05) is 6.54 Å². The van der Waals surface area contributed by atoms with Gasteiger partial charge < -0.3 is 5.32 Å². The largest absolute Gasteiger partial charge is 0.313 e. The first-order chi connectivity index (χ1) is 9.65. The number of benzene rings is 1.